The second kappa shape index (κ2) is 7.89. The van der Waals surface area contributed by atoms with Gasteiger partial charge in [0.1, 0.15) is 5.75 Å². The van der Waals surface area contributed by atoms with Crippen LogP contribution >= 0.6 is 15.9 Å². The monoisotopic (exact) mass is 343 g/mol. The third-order valence-electron chi connectivity index (χ3n) is 2.85. The van der Waals surface area contributed by atoms with E-state index >= 15 is 0 Å². The summed E-state index contributed by atoms with van der Waals surface area (Å²) in [5.41, 5.74) is 0.568. The number of hydrogen-bond donors (Lipinski definition) is 0. The summed E-state index contributed by atoms with van der Waals surface area (Å²) in [6.07, 6.45) is 0.882. The number of nitrogens with zero attached hydrogens (tertiary/aromatic N) is 1. The molecule has 0 N–H and O–H groups in total. The molecule has 6 heteroatoms. The van der Waals surface area contributed by atoms with Crippen LogP contribution in [-0.2, 0) is 9.53 Å². The summed E-state index contributed by atoms with van der Waals surface area (Å²) in [6.45, 7) is 0.498. The van der Waals surface area contributed by atoms with Crippen molar-refractivity contribution in [2.24, 2.45) is 0 Å². The Labute approximate surface area is 127 Å². The molecule has 20 heavy (non-hydrogen) atoms. The molecule has 0 aliphatic heterocycles. The van der Waals surface area contributed by atoms with Crippen LogP contribution in [0, 0.1) is 0 Å². The van der Waals surface area contributed by atoms with Crippen molar-refractivity contribution in [1.82, 2.24) is 4.90 Å². The first-order chi connectivity index (χ1) is 9.49. The normalized spacial score (nSPS) is 10.0. The molecule has 0 unspecified atom stereocenters. The van der Waals surface area contributed by atoms with E-state index in [-0.39, 0.29) is 11.9 Å². The van der Waals surface area contributed by atoms with Gasteiger partial charge in [0.15, 0.2) is 0 Å². The van der Waals surface area contributed by atoms with E-state index in [0.29, 0.717) is 30.7 Å². The zero-order valence-electron chi connectivity index (χ0n) is 11.8. The van der Waals surface area contributed by atoms with Crippen LogP contribution in [0.25, 0.3) is 0 Å². The number of esters is 1. The van der Waals surface area contributed by atoms with Crippen molar-refractivity contribution in [3.05, 3.63) is 28.2 Å². The topological polar surface area (TPSA) is 55.8 Å². The molecule has 1 rings (SSSR count). The molecule has 0 bridgehead atoms. The molecule has 1 aromatic rings. The van der Waals surface area contributed by atoms with Crippen LogP contribution in [0.4, 0.5) is 0 Å². The van der Waals surface area contributed by atoms with Crippen molar-refractivity contribution < 1.29 is 19.1 Å². The molecule has 0 aliphatic carbocycles. The Morgan fingerprint density at radius 1 is 1.30 bits per heavy atom. The van der Waals surface area contributed by atoms with Gasteiger partial charge in [0.2, 0.25) is 0 Å². The summed E-state index contributed by atoms with van der Waals surface area (Å²) in [5, 5.41) is 0. The van der Waals surface area contributed by atoms with Gasteiger partial charge in [0.25, 0.3) is 5.91 Å². The summed E-state index contributed by atoms with van der Waals surface area (Å²) >= 11 is 3.35. The average molecular weight is 344 g/mol. The Kier molecular flexibility index (Phi) is 6.51. The van der Waals surface area contributed by atoms with Gasteiger partial charge >= 0.3 is 5.97 Å². The molecule has 0 saturated heterocycles. The number of methoxy groups -OCH3 is 2. The molecule has 1 aromatic carbocycles. The van der Waals surface area contributed by atoms with Gasteiger partial charge in [-0.3, -0.25) is 9.59 Å². The third-order valence-corrected chi connectivity index (χ3v) is 3.47. The summed E-state index contributed by atoms with van der Waals surface area (Å²) in [6, 6.07) is 5.17. The molecular formula is C14H18BrNO4. The average Bonchev–Trinajstić information content (AvgIpc) is 2.45. The van der Waals surface area contributed by atoms with Crippen LogP contribution in [0.1, 0.15) is 23.2 Å². The van der Waals surface area contributed by atoms with E-state index in [9.17, 15) is 9.59 Å². The molecule has 0 radical (unpaired) electrons. The fraction of sp³-hybridized carbons (Fsp3) is 0.429. The minimum Gasteiger partial charge on any atom is -0.496 e. The number of carbonyl (C=O) groups is 2. The number of amides is 1. The maximum atomic E-state index is 12.2. The number of rotatable bonds is 6. The predicted octanol–water partition coefficient (Wildman–Crippen LogP) is 2.48. The first-order valence-corrected chi connectivity index (χ1v) is 6.94. The molecule has 0 saturated carbocycles. The lowest BCUT2D eigenvalue weighted by Crippen LogP contribution is -2.28. The number of hydrogen-bond acceptors (Lipinski definition) is 4. The number of halogens is 1. The lowest BCUT2D eigenvalue weighted by atomic mass is 10.2. The van der Waals surface area contributed by atoms with Crippen molar-refractivity contribution in [3.8, 4) is 5.75 Å². The molecule has 0 heterocycles. The van der Waals surface area contributed by atoms with E-state index in [1.807, 2.05) is 0 Å². The minimum atomic E-state index is -0.266. The zero-order valence-corrected chi connectivity index (χ0v) is 13.4. The van der Waals surface area contributed by atoms with Gasteiger partial charge in [-0.05, 0) is 40.5 Å². The van der Waals surface area contributed by atoms with Crippen molar-refractivity contribution in [2.45, 2.75) is 12.8 Å². The van der Waals surface area contributed by atoms with Gasteiger partial charge in [-0.15, -0.1) is 0 Å². The molecular weight excluding hydrogens is 326 g/mol. The lowest BCUT2D eigenvalue weighted by molar-refractivity contribution is -0.140. The van der Waals surface area contributed by atoms with E-state index in [0.717, 1.165) is 4.47 Å². The summed E-state index contributed by atoms with van der Waals surface area (Å²) in [7, 11) is 4.63. The lowest BCUT2D eigenvalue weighted by Gasteiger charge is -2.17. The molecule has 0 aliphatic rings. The number of carbonyl (C=O) groups excluding carboxylic acids is 2. The van der Waals surface area contributed by atoms with Gasteiger partial charge in [-0.25, -0.2) is 0 Å². The second-order valence-electron chi connectivity index (χ2n) is 4.26. The standard InChI is InChI=1S/C14H18BrNO4/c1-16(8-4-5-13(17)20-3)14(18)10-6-7-12(19-2)11(15)9-10/h6-7,9H,4-5,8H2,1-3H3. The largest absolute Gasteiger partial charge is 0.496 e. The van der Waals surface area contributed by atoms with Crippen LogP contribution in [0.5, 0.6) is 5.75 Å². The van der Waals surface area contributed by atoms with E-state index in [1.54, 1.807) is 37.3 Å². The predicted molar refractivity (Wildman–Crippen MR) is 78.9 cm³/mol. The van der Waals surface area contributed by atoms with Crippen LogP contribution < -0.4 is 4.74 Å². The minimum absolute atomic E-state index is 0.0989. The number of ether oxygens (including phenoxy) is 2. The van der Waals surface area contributed by atoms with Gasteiger partial charge < -0.3 is 14.4 Å². The Hall–Kier alpha value is -1.56. The first kappa shape index (κ1) is 16.5. The summed E-state index contributed by atoms with van der Waals surface area (Å²) in [5.74, 6) is 0.311. The Morgan fingerprint density at radius 2 is 2.00 bits per heavy atom. The molecule has 0 spiro atoms. The van der Waals surface area contributed by atoms with Crippen LogP contribution in [0.15, 0.2) is 22.7 Å². The highest BCUT2D eigenvalue weighted by Gasteiger charge is 2.13. The fourth-order valence-electron chi connectivity index (χ4n) is 1.68. The summed E-state index contributed by atoms with van der Waals surface area (Å²) < 4.78 is 10.4. The fourth-order valence-corrected chi connectivity index (χ4v) is 2.22. The van der Waals surface area contributed by atoms with Crippen molar-refractivity contribution in [2.75, 3.05) is 27.8 Å². The van der Waals surface area contributed by atoms with Gasteiger partial charge in [0, 0.05) is 25.6 Å². The van der Waals surface area contributed by atoms with Crippen molar-refractivity contribution in [1.29, 1.82) is 0 Å². The van der Waals surface area contributed by atoms with Gasteiger partial charge in [0.05, 0.1) is 18.7 Å². The van der Waals surface area contributed by atoms with E-state index < -0.39 is 0 Å². The Bertz CT molecular complexity index is 490. The van der Waals surface area contributed by atoms with E-state index in [1.165, 1.54) is 7.11 Å². The van der Waals surface area contributed by atoms with Crippen LogP contribution in [0.3, 0.4) is 0 Å². The van der Waals surface area contributed by atoms with E-state index in [2.05, 4.69) is 20.7 Å². The maximum Gasteiger partial charge on any atom is 0.305 e. The highest BCUT2D eigenvalue weighted by molar-refractivity contribution is 9.10. The second-order valence-corrected chi connectivity index (χ2v) is 5.11. The number of benzene rings is 1. The highest BCUT2D eigenvalue weighted by Crippen LogP contribution is 2.25. The smallest absolute Gasteiger partial charge is 0.305 e. The molecule has 0 atom stereocenters. The van der Waals surface area contributed by atoms with Gasteiger partial charge in [-0.1, -0.05) is 0 Å². The quantitative estimate of drug-likeness (QED) is 0.744. The van der Waals surface area contributed by atoms with Crippen LogP contribution in [-0.4, -0.2) is 44.6 Å². The Morgan fingerprint density at radius 3 is 2.55 bits per heavy atom. The molecule has 1 amide bonds. The third kappa shape index (κ3) is 4.52. The Balaban J connectivity index is 2.60. The zero-order chi connectivity index (χ0) is 15.1. The molecule has 110 valence electrons. The van der Waals surface area contributed by atoms with E-state index in [4.69, 9.17) is 4.74 Å². The first-order valence-electron chi connectivity index (χ1n) is 6.15. The van der Waals surface area contributed by atoms with Crippen molar-refractivity contribution >= 4 is 27.8 Å². The molecule has 5 nitrogen and oxygen atoms in total. The van der Waals surface area contributed by atoms with Crippen LogP contribution in [0.2, 0.25) is 0 Å². The maximum absolute atomic E-state index is 12.2. The molecule has 0 aromatic heterocycles. The highest BCUT2D eigenvalue weighted by atomic mass is 79.9. The van der Waals surface area contributed by atoms with Gasteiger partial charge in [-0.2, -0.15) is 0 Å². The van der Waals surface area contributed by atoms with Crippen molar-refractivity contribution in [3.63, 3.8) is 0 Å². The summed E-state index contributed by atoms with van der Waals surface area (Å²) in [4.78, 5) is 24.8. The SMILES string of the molecule is COC(=O)CCCN(C)C(=O)c1ccc(OC)c(Br)c1. The molecule has 0 fully saturated rings.